The van der Waals surface area contributed by atoms with Crippen LogP contribution >= 0.6 is 11.6 Å². The van der Waals surface area contributed by atoms with Gasteiger partial charge in [0.1, 0.15) is 17.0 Å². The standard InChI is InChI=1S/C23H18ClN5O3/c1-13-20(14-5-4-6-15(24)11-14)22-26-25-21-17(29(22)27-13)9-10-28(23(21)30)18-12-16(31-2)7-8-19(18)32-3/h4-12H,1-3H3. The van der Waals surface area contributed by atoms with E-state index in [4.69, 9.17) is 21.1 Å². The van der Waals surface area contributed by atoms with E-state index < -0.39 is 0 Å². The topological polar surface area (TPSA) is 83.5 Å². The molecule has 3 heterocycles. The second-order valence-corrected chi connectivity index (χ2v) is 7.61. The van der Waals surface area contributed by atoms with Gasteiger partial charge in [-0.15, -0.1) is 10.2 Å². The van der Waals surface area contributed by atoms with E-state index in [2.05, 4.69) is 15.3 Å². The van der Waals surface area contributed by atoms with Crippen molar-refractivity contribution >= 4 is 28.3 Å². The molecule has 0 atom stereocenters. The Hall–Kier alpha value is -3.91. The van der Waals surface area contributed by atoms with Crippen molar-refractivity contribution in [2.24, 2.45) is 0 Å². The van der Waals surface area contributed by atoms with Crippen molar-refractivity contribution in [2.75, 3.05) is 14.2 Å². The van der Waals surface area contributed by atoms with Crippen LogP contribution < -0.4 is 15.0 Å². The zero-order valence-electron chi connectivity index (χ0n) is 17.5. The molecule has 0 aliphatic rings. The van der Waals surface area contributed by atoms with Gasteiger partial charge in [-0.2, -0.15) is 5.10 Å². The summed E-state index contributed by atoms with van der Waals surface area (Å²) in [6, 6.07) is 14.5. The molecule has 0 spiro atoms. The maximum Gasteiger partial charge on any atom is 0.285 e. The van der Waals surface area contributed by atoms with Crippen LogP contribution in [-0.4, -0.2) is 38.6 Å². The smallest absolute Gasteiger partial charge is 0.285 e. The number of pyridine rings is 1. The Morgan fingerprint density at radius 1 is 1.00 bits per heavy atom. The van der Waals surface area contributed by atoms with Gasteiger partial charge in [-0.1, -0.05) is 23.7 Å². The molecule has 160 valence electrons. The first-order chi connectivity index (χ1) is 15.5. The molecule has 32 heavy (non-hydrogen) atoms. The fourth-order valence-electron chi connectivity index (χ4n) is 3.81. The summed E-state index contributed by atoms with van der Waals surface area (Å²) in [5.74, 6) is 1.13. The first-order valence-electron chi connectivity index (χ1n) is 9.77. The average molecular weight is 448 g/mol. The van der Waals surface area contributed by atoms with Gasteiger partial charge in [0.15, 0.2) is 11.2 Å². The number of hydrogen-bond acceptors (Lipinski definition) is 6. The Morgan fingerprint density at radius 2 is 1.84 bits per heavy atom. The van der Waals surface area contributed by atoms with Crippen LogP contribution in [0.4, 0.5) is 0 Å². The Balaban J connectivity index is 1.76. The Bertz CT molecular complexity index is 1560. The van der Waals surface area contributed by atoms with E-state index in [1.54, 1.807) is 49.2 Å². The maximum absolute atomic E-state index is 13.4. The van der Waals surface area contributed by atoms with E-state index in [1.165, 1.54) is 4.57 Å². The second kappa shape index (κ2) is 7.65. The summed E-state index contributed by atoms with van der Waals surface area (Å²) < 4.78 is 13.8. The number of methoxy groups -OCH3 is 2. The van der Waals surface area contributed by atoms with E-state index >= 15 is 0 Å². The van der Waals surface area contributed by atoms with Crippen molar-refractivity contribution in [3.8, 4) is 28.3 Å². The van der Waals surface area contributed by atoms with Crippen LogP contribution in [0.15, 0.2) is 59.5 Å². The molecule has 0 radical (unpaired) electrons. The minimum absolute atomic E-state index is 0.185. The molecule has 0 unspecified atom stereocenters. The molecule has 9 heteroatoms. The average Bonchev–Trinajstić information content (AvgIpc) is 3.15. The Morgan fingerprint density at radius 3 is 2.59 bits per heavy atom. The molecule has 0 aliphatic carbocycles. The molecular weight excluding hydrogens is 430 g/mol. The normalized spacial score (nSPS) is 11.2. The van der Waals surface area contributed by atoms with Crippen molar-refractivity contribution in [3.63, 3.8) is 0 Å². The number of hydrogen-bond donors (Lipinski definition) is 0. The molecule has 0 fully saturated rings. The van der Waals surface area contributed by atoms with Crippen molar-refractivity contribution in [3.05, 3.63) is 75.8 Å². The quantitative estimate of drug-likeness (QED) is 0.413. The Labute approximate surface area is 187 Å². The molecular formula is C23H18ClN5O3. The number of fused-ring (bicyclic) bond motifs is 3. The molecule has 0 bridgehead atoms. The van der Waals surface area contributed by atoms with Crippen molar-refractivity contribution < 1.29 is 9.47 Å². The maximum atomic E-state index is 13.4. The number of rotatable bonds is 4. The summed E-state index contributed by atoms with van der Waals surface area (Å²) in [5, 5.41) is 13.9. The van der Waals surface area contributed by atoms with Gasteiger partial charge in [0.2, 0.25) is 0 Å². The lowest BCUT2D eigenvalue weighted by atomic mass is 10.1. The second-order valence-electron chi connectivity index (χ2n) is 7.17. The highest BCUT2D eigenvalue weighted by Crippen LogP contribution is 2.30. The summed E-state index contributed by atoms with van der Waals surface area (Å²) in [7, 11) is 3.11. The number of aryl methyl sites for hydroxylation is 1. The minimum atomic E-state index is -0.346. The van der Waals surface area contributed by atoms with Gasteiger partial charge < -0.3 is 9.47 Å². The highest BCUT2D eigenvalue weighted by molar-refractivity contribution is 6.30. The van der Waals surface area contributed by atoms with Crippen LogP contribution in [0.3, 0.4) is 0 Å². The summed E-state index contributed by atoms with van der Waals surface area (Å²) >= 11 is 6.18. The molecule has 5 aromatic rings. The van der Waals surface area contributed by atoms with Gasteiger partial charge in [0, 0.05) is 17.3 Å². The van der Waals surface area contributed by atoms with Crippen LogP contribution in [0.25, 0.3) is 33.5 Å². The number of benzene rings is 2. The van der Waals surface area contributed by atoms with E-state index in [1.807, 2.05) is 31.2 Å². The van der Waals surface area contributed by atoms with Crippen LogP contribution in [0, 0.1) is 6.92 Å². The van der Waals surface area contributed by atoms with Crippen molar-refractivity contribution in [1.29, 1.82) is 0 Å². The lowest BCUT2D eigenvalue weighted by Gasteiger charge is -2.13. The van der Waals surface area contributed by atoms with Crippen LogP contribution in [-0.2, 0) is 0 Å². The van der Waals surface area contributed by atoms with E-state index in [0.29, 0.717) is 33.4 Å². The third-order valence-electron chi connectivity index (χ3n) is 5.31. The van der Waals surface area contributed by atoms with Gasteiger partial charge in [-0.3, -0.25) is 9.36 Å². The molecule has 2 aromatic carbocycles. The van der Waals surface area contributed by atoms with Crippen LogP contribution in [0.2, 0.25) is 5.02 Å². The summed E-state index contributed by atoms with van der Waals surface area (Å²) in [4.78, 5) is 13.4. The number of halogens is 1. The third-order valence-corrected chi connectivity index (χ3v) is 5.55. The van der Waals surface area contributed by atoms with Gasteiger partial charge in [-0.05, 0) is 42.8 Å². The lowest BCUT2D eigenvalue weighted by Crippen LogP contribution is -2.20. The molecule has 8 nitrogen and oxygen atoms in total. The zero-order valence-corrected chi connectivity index (χ0v) is 18.3. The van der Waals surface area contributed by atoms with Gasteiger partial charge in [0.05, 0.1) is 31.2 Å². The number of nitrogens with zero attached hydrogens (tertiary/aromatic N) is 5. The number of aromatic nitrogens is 5. The van der Waals surface area contributed by atoms with Crippen molar-refractivity contribution in [2.45, 2.75) is 6.92 Å². The SMILES string of the molecule is COc1ccc(OC)c(-n2ccc3c(nnc4c(-c5cccc(Cl)c5)c(C)nn43)c2=O)c1. The highest BCUT2D eigenvalue weighted by Gasteiger charge is 2.19. The highest BCUT2D eigenvalue weighted by atomic mass is 35.5. The van der Waals surface area contributed by atoms with Crippen LogP contribution in [0.1, 0.15) is 5.69 Å². The largest absolute Gasteiger partial charge is 0.497 e. The molecule has 0 N–H and O–H groups in total. The first kappa shape index (κ1) is 20.0. The zero-order chi connectivity index (χ0) is 22.4. The summed E-state index contributed by atoms with van der Waals surface area (Å²) in [6.07, 6.45) is 1.67. The molecule has 0 amide bonds. The predicted octanol–water partition coefficient (Wildman–Crippen LogP) is 4.07. The van der Waals surface area contributed by atoms with Crippen LogP contribution in [0.5, 0.6) is 11.5 Å². The molecule has 5 rings (SSSR count). The van der Waals surface area contributed by atoms with Gasteiger partial charge in [0.25, 0.3) is 5.56 Å². The molecule has 0 saturated carbocycles. The third kappa shape index (κ3) is 3.07. The van der Waals surface area contributed by atoms with Gasteiger partial charge in [-0.25, -0.2) is 4.52 Å². The van der Waals surface area contributed by atoms with E-state index in [-0.39, 0.29) is 11.1 Å². The lowest BCUT2D eigenvalue weighted by molar-refractivity contribution is 0.401. The fourth-order valence-corrected chi connectivity index (χ4v) is 4.00. The molecule has 0 saturated heterocycles. The predicted molar refractivity (Wildman–Crippen MR) is 122 cm³/mol. The van der Waals surface area contributed by atoms with Crippen molar-refractivity contribution in [1.82, 2.24) is 24.4 Å². The molecule has 3 aromatic heterocycles. The number of ether oxygens (including phenoxy) is 2. The van der Waals surface area contributed by atoms with Gasteiger partial charge >= 0.3 is 0 Å². The van der Waals surface area contributed by atoms with E-state index in [0.717, 1.165) is 16.8 Å². The fraction of sp³-hybridized carbons (Fsp3) is 0.130. The molecule has 0 aliphatic heterocycles. The summed E-state index contributed by atoms with van der Waals surface area (Å²) in [6.45, 7) is 1.89. The minimum Gasteiger partial charge on any atom is -0.497 e. The Kier molecular flexibility index (Phi) is 4.79. The monoisotopic (exact) mass is 447 g/mol. The van der Waals surface area contributed by atoms with E-state index in [9.17, 15) is 4.79 Å². The first-order valence-corrected chi connectivity index (χ1v) is 10.2. The summed E-state index contributed by atoms with van der Waals surface area (Å²) in [5.41, 5.74) is 3.94.